The minimum Gasteiger partial charge on any atom is -0.497 e. The van der Waals surface area contributed by atoms with Gasteiger partial charge >= 0.3 is 0 Å². The number of aryl methyl sites for hydroxylation is 1. The largest absolute Gasteiger partial charge is 0.497 e. The summed E-state index contributed by atoms with van der Waals surface area (Å²) < 4.78 is 15.1. The van der Waals surface area contributed by atoms with Gasteiger partial charge in [-0.2, -0.15) is 0 Å². The van der Waals surface area contributed by atoms with Crippen LogP contribution in [0.1, 0.15) is 11.1 Å². The average Bonchev–Trinajstić information content (AvgIpc) is 3.11. The van der Waals surface area contributed by atoms with Gasteiger partial charge in [0.2, 0.25) is 5.69 Å². The molecule has 126 valence electrons. The van der Waals surface area contributed by atoms with Crippen LogP contribution < -0.4 is 9.47 Å². The highest BCUT2D eigenvalue weighted by Crippen LogP contribution is 2.36. The molecule has 0 bridgehead atoms. The lowest BCUT2D eigenvalue weighted by Crippen LogP contribution is -1.92. The van der Waals surface area contributed by atoms with Crippen LogP contribution in [-0.4, -0.2) is 36.6 Å². The predicted molar refractivity (Wildman–Crippen MR) is 102 cm³/mol. The van der Waals surface area contributed by atoms with E-state index in [9.17, 15) is 0 Å². The first kappa shape index (κ1) is 15.5. The van der Waals surface area contributed by atoms with E-state index in [2.05, 4.69) is 66.0 Å². The molecule has 25 heavy (non-hydrogen) atoms. The fraction of sp³-hybridized carbons (Fsp3) is 0.190. The summed E-state index contributed by atoms with van der Waals surface area (Å²) in [5.41, 5.74) is 5.90. The Hall–Kier alpha value is -3.01. The molecule has 0 N–H and O–H groups in total. The van der Waals surface area contributed by atoms with Crippen molar-refractivity contribution in [2.24, 2.45) is 7.05 Å². The van der Waals surface area contributed by atoms with Crippen LogP contribution >= 0.6 is 0 Å². The van der Waals surface area contributed by atoms with Crippen molar-refractivity contribution in [1.29, 1.82) is 0 Å². The molecule has 4 rings (SSSR count). The zero-order valence-corrected chi connectivity index (χ0v) is 14.9. The molecule has 1 aliphatic heterocycles. The van der Waals surface area contributed by atoms with Gasteiger partial charge in [0.05, 0.1) is 25.4 Å². The van der Waals surface area contributed by atoms with Gasteiger partial charge in [-0.25, -0.2) is 4.58 Å². The zero-order chi connectivity index (χ0) is 17.6. The van der Waals surface area contributed by atoms with Crippen molar-refractivity contribution in [2.75, 3.05) is 21.3 Å². The van der Waals surface area contributed by atoms with Gasteiger partial charge in [0.15, 0.2) is 6.21 Å². The summed E-state index contributed by atoms with van der Waals surface area (Å²) in [5, 5.41) is 1.18. The normalized spacial score (nSPS) is 14.7. The van der Waals surface area contributed by atoms with Crippen LogP contribution in [0.4, 0.5) is 5.69 Å². The van der Waals surface area contributed by atoms with Crippen molar-refractivity contribution in [2.45, 2.75) is 0 Å². The molecule has 0 unspecified atom stereocenters. The summed E-state index contributed by atoms with van der Waals surface area (Å²) >= 11 is 0. The highest BCUT2D eigenvalue weighted by atomic mass is 16.5. The van der Waals surface area contributed by atoms with E-state index in [1.165, 1.54) is 33.3 Å². The number of hydrogen-bond acceptors (Lipinski definition) is 2. The zero-order valence-electron chi connectivity index (χ0n) is 14.9. The van der Waals surface area contributed by atoms with Crippen molar-refractivity contribution in [3.63, 3.8) is 0 Å². The predicted octanol–water partition coefficient (Wildman–Crippen LogP) is 4.09. The minimum absolute atomic E-state index is 0.868. The van der Waals surface area contributed by atoms with Crippen LogP contribution in [0, 0.1) is 0 Å². The number of hydrogen-bond donors (Lipinski definition) is 0. The Morgan fingerprint density at radius 3 is 2.48 bits per heavy atom. The Balaban J connectivity index is 1.89. The van der Waals surface area contributed by atoms with Crippen molar-refractivity contribution >= 4 is 34.5 Å². The molecule has 0 spiro atoms. The molecule has 0 fully saturated rings. The molecule has 4 heteroatoms. The molecular formula is C21H21N2O2+. The van der Waals surface area contributed by atoms with Crippen LogP contribution in [0.5, 0.6) is 11.5 Å². The first-order valence-corrected chi connectivity index (χ1v) is 8.21. The van der Waals surface area contributed by atoms with Crippen LogP contribution in [-0.2, 0) is 7.05 Å². The fourth-order valence-electron chi connectivity index (χ4n) is 3.45. The number of ether oxygens (including phenoxy) is 2. The van der Waals surface area contributed by atoms with Gasteiger partial charge in [-0.1, -0.05) is 0 Å². The number of allylic oxidation sites excluding steroid dienone is 1. The molecule has 2 aromatic carbocycles. The van der Waals surface area contributed by atoms with Crippen molar-refractivity contribution in [1.82, 2.24) is 4.57 Å². The van der Waals surface area contributed by atoms with E-state index < -0.39 is 0 Å². The standard InChI is InChI=1S/C21H21N2O2/c1-22-12-14(18-10-16(24-3)5-7-20(18)22)9-15-13-23(2)21-8-6-17(25-4)11-19(15)21/h5-13H,1-4H3/q+1. The average molecular weight is 333 g/mol. The smallest absolute Gasteiger partial charge is 0.213 e. The van der Waals surface area contributed by atoms with Crippen LogP contribution in [0.25, 0.3) is 22.6 Å². The Morgan fingerprint density at radius 2 is 1.72 bits per heavy atom. The van der Waals surface area contributed by atoms with Crippen LogP contribution in [0.15, 0.2) is 42.6 Å². The van der Waals surface area contributed by atoms with Gasteiger partial charge in [-0.15, -0.1) is 0 Å². The van der Waals surface area contributed by atoms with E-state index in [0.29, 0.717) is 0 Å². The molecule has 0 radical (unpaired) electrons. The second-order valence-corrected chi connectivity index (χ2v) is 6.30. The van der Waals surface area contributed by atoms with Crippen LogP contribution in [0.2, 0.25) is 0 Å². The van der Waals surface area contributed by atoms with E-state index in [1.807, 2.05) is 12.1 Å². The number of fused-ring (bicyclic) bond motifs is 2. The maximum atomic E-state index is 5.40. The maximum absolute atomic E-state index is 5.40. The summed E-state index contributed by atoms with van der Waals surface area (Å²) in [6, 6.07) is 12.4. The first-order valence-electron chi connectivity index (χ1n) is 8.21. The molecule has 0 amide bonds. The second-order valence-electron chi connectivity index (χ2n) is 6.30. The van der Waals surface area contributed by atoms with E-state index in [0.717, 1.165) is 11.5 Å². The highest BCUT2D eigenvalue weighted by molar-refractivity contribution is 6.19. The third-order valence-corrected chi connectivity index (χ3v) is 4.77. The molecular weight excluding hydrogens is 312 g/mol. The number of aromatic nitrogens is 1. The van der Waals surface area contributed by atoms with Gasteiger partial charge in [0, 0.05) is 35.8 Å². The molecule has 0 saturated heterocycles. The van der Waals surface area contributed by atoms with E-state index >= 15 is 0 Å². The van der Waals surface area contributed by atoms with Crippen LogP contribution in [0.3, 0.4) is 0 Å². The van der Waals surface area contributed by atoms with E-state index in [1.54, 1.807) is 14.2 Å². The lowest BCUT2D eigenvalue weighted by atomic mass is 10.0. The lowest BCUT2D eigenvalue weighted by molar-refractivity contribution is -0.395. The van der Waals surface area contributed by atoms with Gasteiger partial charge < -0.3 is 14.0 Å². The SMILES string of the molecule is COc1ccc2c(c1)/C(=C/c1cn(C)c3ccc(OC)cc13)C=[N+]2C. The number of benzene rings is 2. The minimum atomic E-state index is 0.868. The fourth-order valence-corrected chi connectivity index (χ4v) is 3.45. The summed E-state index contributed by atoms with van der Waals surface area (Å²) in [7, 11) is 7.53. The summed E-state index contributed by atoms with van der Waals surface area (Å²) in [5.74, 6) is 1.74. The third-order valence-electron chi connectivity index (χ3n) is 4.77. The van der Waals surface area contributed by atoms with Crippen molar-refractivity contribution in [3.8, 4) is 11.5 Å². The molecule has 1 aromatic heterocycles. The third kappa shape index (κ3) is 2.50. The molecule has 3 aromatic rings. The highest BCUT2D eigenvalue weighted by Gasteiger charge is 2.24. The number of rotatable bonds is 3. The quantitative estimate of drug-likeness (QED) is 0.675. The number of methoxy groups -OCH3 is 2. The molecule has 4 nitrogen and oxygen atoms in total. The van der Waals surface area contributed by atoms with Crippen molar-refractivity contribution < 1.29 is 14.0 Å². The monoisotopic (exact) mass is 333 g/mol. The first-order chi connectivity index (χ1) is 12.1. The second kappa shape index (κ2) is 5.81. The molecule has 0 atom stereocenters. The molecule has 0 saturated carbocycles. The molecule has 0 aliphatic carbocycles. The Labute approximate surface area is 147 Å². The van der Waals surface area contributed by atoms with E-state index in [4.69, 9.17) is 9.47 Å². The lowest BCUT2D eigenvalue weighted by Gasteiger charge is -2.02. The summed E-state index contributed by atoms with van der Waals surface area (Å²) in [4.78, 5) is 0. The number of nitrogens with zero attached hydrogens (tertiary/aromatic N) is 2. The molecule has 1 aliphatic rings. The maximum Gasteiger partial charge on any atom is 0.213 e. The van der Waals surface area contributed by atoms with E-state index in [-0.39, 0.29) is 0 Å². The van der Waals surface area contributed by atoms with Gasteiger partial charge in [0.25, 0.3) is 0 Å². The topological polar surface area (TPSA) is 26.4 Å². The van der Waals surface area contributed by atoms with Crippen molar-refractivity contribution in [3.05, 3.63) is 53.7 Å². The Kier molecular flexibility index (Phi) is 3.61. The Bertz CT molecular complexity index is 1040. The van der Waals surface area contributed by atoms with Gasteiger partial charge in [0.1, 0.15) is 18.5 Å². The molecule has 2 heterocycles. The van der Waals surface area contributed by atoms with Gasteiger partial charge in [-0.05, 0) is 36.4 Å². The summed E-state index contributed by atoms with van der Waals surface area (Å²) in [6.45, 7) is 0. The van der Waals surface area contributed by atoms with Gasteiger partial charge in [-0.3, -0.25) is 0 Å². The summed E-state index contributed by atoms with van der Waals surface area (Å²) in [6.07, 6.45) is 6.54. The Morgan fingerprint density at radius 1 is 1.00 bits per heavy atom.